The van der Waals surface area contributed by atoms with Crippen molar-refractivity contribution in [3.8, 4) is 11.6 Å². The fourth-order valence-corrected chi connectivity index (χ4v) is 4.00. The van der Waals surface area contributed by atoms with E-state index in [1.165, 1.54) is 16.7 Å². The van der Waals surface area contributed by atoms with E-state index < -0.39 is 0 Å². The lowest BCUT2D eigenvalue weighted by atomic mass is 9.84. The lowest BCUT2D eigenvalue weighted by Gasteiger charge is -2.35. The van der Waals surface area contributed by atoms with Crippen LogP contribution in [0.25, 0.3) is 11.6 Å². The van der Waals surface area contributed by atoms with E-state index in [1.807, 2.05) is 29.2 Å². The fourth-order valence-electron chi connectivity index (χ4n) is 4.00. The van der Waals surface area contributed by atoms with Crippen molar-refractivity contribution >= 4 is 5.91 Å². The maximum atomic E-state index is 13.0. The van der Waals surface area contributed by atoms with Gasteiger partial charge in [0, 0.05) is 31.8 Å². The van der Waals surface area contributed by atoms with Gasteiger partial charge in [0.05, 0.1) is 6.26 Å². The van der Waals surface area contributed by atoms with Gasteiger partial charge in [-0.3, -0.25) is 4.79 Å². The number of amides is 1. The molecule has 0 saturated heterocycles. The molecule has 6 nitrogen and oxygen atoms in total. The number of benzene rings is 2. The molecule has 0 fully saturated rings. The van der Waals surface area contributed by atoms with Gasteiger partial charge in [0.25, 0.3) is 0 Å². The van der Waals surface area contributed by atoms with Gasteiger partial charge in [0.15, 0.2) is 5.76 Å². The molecule has 3 heterocycles. The van der Waals surface area contributed by atoms with Crippen LogP contribution in [0.5, 0.6) is 0 Å². The number of hydrogen-bond acceptors (Lipinski definition) is 5. The van der Waals surface area contributed by atoms with Gasteiger partial charge >= 0.3 is 0 Å². The second kappa shape index (κ2) is 7.99. The van der Waals surface area contributed by atoms with Crippen LogP contribution in [0.4, 0.5) is 0 Å². The van der Waals surface area contributed by atoms with Crippen LogP contribution in [-0.4, -0.2) is 27.5 Å². The molecule has 4 aromatic rings. The average Bonchev–Trinajstić information content (AvgIpc) is 3.49. The largest absolute Gasteiger partial charge is 0.461 e. The van der Waals surface area contributed by atoms with Crippen molar-refractivity contribution in [3.63, 3.8) is 0 Å². The van der Waals surface area contributed by atoms with E-state index in [0.717, 1.165) is 0 Å². The van der Waals surface area contributed by atoms with Crippen molar-refractivity contribution in [1.29, 1.82) is 0 Å². The Balaban J connectivity index is 1.30. The molecule has 1 aliphatic rings. The highest BCUT2D eigenvalue weighted by Gasteiger charge is 2.29. The van der Waals surface area contributed by atoms with E-state index in [0.29, 0.717) is 43.4 Å². The molecule has 1 unspecified atom stereocenters. The van der Waals surface area contributed by atoms with Crippen LogP contribution in [0, 0.1) is 0 Å². The van der Waals surface area contributed by atoms with E-state index >= 15 is 0 Å². The van der Waals surface area contributed by atoms with Gasteiger partial charge in [-0.2, -0.15) is 4.98 Å². The summed E-state index contributed by atoms with van der Waals surface area (Å²) in [5, 5.41) is 3.93. The number of fused-ring (bicyclic) bond motifs is 1. The first-order chi connectivity index (χ1) is 14.8. The second-order valence-corrected chi connectivity index (χ2v) is 7.43. The lowest BCUT2D eigenvalue weighted by molar-refractivity contribution is -0.132. The SMILES string of the molecule is O=C(CCc1nc(-c2ccco2)no1)N1Cc2ccccc2C(c2ccccc2)C1. The minimum absolute atomic E-state index is 0.0863. The van der Waals surface area contributed by atoms with Gasteiger partial charge < -0.3 is 13.8 Å². The molecule has 0 radical (unpaired) electrons. The third-order valence-corrected chi connectivity index (χ3v) is 5.51. The Bertz CT molecular complexity index is 1140. The smallest absolute Gasteiger partial charge is 0.238 e. The monoisotopic (exact) mass is 399 g/mol. The third-order valence-electron chi connectivity index (χ3n) is 5.51. The number of carbonyl (C=O) groups excluding carboxylic acids is 1. The van der Waals surface area contributed by atoms with Gasteiger partial charge in [0.1, 0.15) is 0 Å². The zero-order valence-electron chi connectivity index (χ0n) is 16.4. The Morgan fingerprint density at radius 2 is 1.87 bits per heavy atom. The Hall–Kier alpha value is -3.67. The highest BCUT2D eigenvalue weighted by molar-refractivity contribution is 5.77. The zero-order chi connectivity index (χ0) is 20.3. The molecule has 0 bridgehead atoms. The molecule has 150 valence electrons. The third kappa shape index (κ3) is 3.64. The second-order valence-electron chi connectivity index (χ2n) is 7.43. The topological polar surface area (TPSA) is 72.4 Å². The Kier molecular flexibility index (Phi) is 4.89. The summed E-state index contributed by atoms with van der Waals surface area (Å²) < 4.78 is 10.6. The van der Waals surface area contributed by atoms with Crippen molar-refractivity contribution in [1.82, 2.24) is 15.0 Å². The first-order valence-corrected chi connectivity index (χ1v) is 10.0. The predicted octanol–water partition coefficient (Wildman–Crippen LogP) is 4.44. The average molecular weight is 399 g/mol. The van der Waals surface area contributed by atoms with Gasteiger partial charge in [-0.25, -0.2) is 0 Å². The van der Waals surface area contributed by atoms with Crippen LogP contribution in [0.1, 0.15) is 34.9 Å². The molecule has 0 saturated carbocycles. The molecule has 6 heteroatoms. The molecule has 1 atom stereocenters. The summed E-state index contributed by atoms with van der Waals surface area (Å²) >= 11 is 0. The van der Waals surface area contributed by atoms with E-state index in [2.05, 4.69) is 40.5 Å². The van der Waals surface area contributed by atoms with Crippen LogP contribution >= 0.6 is 0 Å². The normalized spacial score (nSPS) is 15.7. The maximum Gasteiger partial charge on any atom is 0.238 e. The van der Waals surface area contributed by atoms with Crippen LogP contribution in [0.15, 0.2) is 81.9 Å². The summed E-state index contributed by atoms with van der Waals surface area (Å²) in [5.74, 6) is 1.65. The predicted molar refractivity (Wildman–Crippen MR) is 110 cm³/mol. The van der Waals surface area contributed by atoms with Crippen LogP contribution in [0.3, 0.4) is 0 Å². The molecule has 1 amide bonds. The number of nitrogens with zero attached hydrogens (tertiary/aromatic N) is 3. The molecule has 0 aliphatic carbocycles. The molecule has 2 aromatic heterocycles. The van der Waals surface area contributed by atoms with Crippen molar-refractivity contribution in [2.75, 3.05) is 6.54 Å². The lowest BCUT2D eigenvalue weighted by Crippen LogP contribution is -2.38. The van der Waals surface area contributed by atoms with Gasteiger partial charge in [0.2, 0.25) is 17.6 Å². The summed E-state index contributed by atoms with van der Waals surface area (Å²) in [6.45, 7) is 1.29. The molecule has 0 spiro atoms. The number of hydrogen-bond donors (Lipinski definition) is 0. The number of furan rings is 1. The number of rotatable bonds is 5. The molecule has 30 heavy (non-hydrogen) atoms. The van der Waals surface area contributed by atoms with E-state index in [1.54, 1.807) is 18.4 Å². The summed E-state index contributed by atoms with van der Waals surface area (Å²) in [5.41, 5.74) is 3.72. The summed E-state index contributed by atoms with van der Waals surface area (Å²) in [4.78, 5) is 19.3. The maximum absolute atomic E-state index is 13.0. The van der Waals surface area contributed by atoms with E-state index in [-0.39, 0.29) is 11.8 Å². The van der Waals surface area contributed by atoms with Gasteiger partial charge in [-0.05, 0) is 28.8 Å². The van der Waals surface area contributed by atoms with Crippen molar-refractivity contribution in [2.24, 2.45) is 0 Å². The molecular formula is C24H21N3O3. The van der Waals surface area contributed by atoms with Gasteiger partial charge in [-0.15, -0.1) is 0 Å². The molecule has 1 aliphatic heterocycles. The molecular weight excluding hydrogens is 378 g/mol. The molecule has 5 rings (SSSR count). The molecule has 2 aromatic carbocycles. The molecule has 0 N–H and O–H groups in total. The summed E-state index contributed by atoms with van der Waals surface area (Å²) in [6, 6.07) is 22.3. The Morgan fingerprint density at radius 1 is 1.03 bits per heavy atom. The standard InChI is InChI=1S/C24H21N3O3/c28-23(13-12-22-25-24(26-30-22)21-11-6-14-29-21)27-15-18-9-4-5-10-19(18)20(16-27)17-7-2-1-3-8-17/h1-11,14,20H,12-13,15-16H2. The number of carbonyl (C=O) groups is 1. The van der Waals surface area contributed by atoms with Crippen LogP contribution < -0.4 is 0 Å². The first-order valence-electron chi connectivity index (χ1n) is 10.0. The van der Waals surface area contributed by atoms with Crippen molar-refractivity contribution in [3.05, 3.63) is 95.6 Å². The Labute approximate surface area is 174 Å². The number of aromatic nitrogens is 2. The Morgan fingerprint density at radius 3 is 2.70 bits per heavy atom. The van der Waals surface area contributed by atoms with Crippen LogP contribution in [0.2, 0.25) is 0 Å². The summed E-state index contributed by atoms with van der Waals surface area (Å²) in [7, 11) is 0. The highest BCUT2D eigenvalue weighted by atomic mass is 16.5. The first kappa shape index (κ1) is 18.4. The fraction of sp³-hybridized carbons (Fsp3) is 0.208. The highest BCUT2D eigenvalue weighted by Crippen LogP contribution is 2.33. The van der Waals surface area contributed by atoms with Crippen molar-refractivity contribution < 1.29 is 13.7 Å². The minimum Gasteiger partial charge on any atom is -0.461 e. The quantitative estimate of drug-likeness (QED) is 0.496. The van der Waals surface area contributed by atoms with Crippen LogP contribution in [-0.2, 0) is 17.8 Å². The number of aryl methyl sites for hydroxylation is 1. The minimum atomic E-state index is 0.0863. The van der Waals surface area contributed by atoms with E-state index in [9.17, 15) is 4.79 Å². The summed E-state index contributed by atoms with van der Waals surface area (Å²) in [6.07, 6.45) is 2.29. The van der Waals surface area contributed by atoms with E-state index in [4.69, 9.17) is 8.94 Å². The van der Waals surface area contributed by atoms with Crippen molar-refractivity contribution in [2.45, 2.75) is 25.3 Å². The zero-order valence-corrected chi connectivity index (χ0v) is 16.4. The van der Waals surface area contributed by atoms with Gasteiger partial charge in [-0.1, -0.05) is 59.8 Å².